The van der Waals surface area contributed by atoms with Crippen molar-refractivity contribution in [1.82, 2.24) is 10.2 Å². The maximum absolute atomic E-state index is 12.3. The lowest BCUT2D eigenvalue weighted by Crippen LogP contribution is -2.41. The van der Waals surface area contributed by atoms with E-state index in [1.165, 1.54) is 11.1 Å². The lowest BCUT2D eigenvalue weighted by Gasteiger charge is -2.25. The quantitative estimate of drug-likeness (QED) is 0.908. The number of hydrogen-bond acceptors (Lipinski definition) is 3. The molecular formula is C17H26N2OS. The Morgan fingerprint density at radius 2 is 2.10 bits per heavy atom. The molecule has 0 saturated carbocycles. The third-order valence-corrected chi connectivity index (χ3v) is 5.04. The normalized spacial score (nSPS) is 18.8. The van der Waals surface area contributed by atoms with Gasteiger partial charge in [0.15, 0.2) is 0 Å². The molecule has 116 valence electrons. The van der Waals surface area contributed by atoms with Gasteiger partial charge in [-0.1, -0.05) is 38.1 Å². The van der Waals surface area contributed by atoms with Crippen molar-refractivity contribution in [2.75, 3.05) is 25.1 Å². The molecule has 3 nitrogen and oxygen atoms in total. The van der Waals surface area contributed by atoms with Crippen LogP contribution in [-0.2, 0) is 11.3 Å². The number of nitrogens with one attached hydrogen (secondary N) is 1. The van der Waals surface area contributed by atoms with Gasteiger partial charge in [-0.15, -0.1) is 0 Å². The number of carbonyl (C=O) groups is 1. The van der Waals surface area contributed by atoms with E-state index in [-0.39, 0.29) is 5.91 Å². The first-order chi connectivity index (χ1) is 10.1. The van der Waals surface area contributed by atoms with Gasteiger partial charge in [-0.2, -0.15) is 11.8 Å². The fourth-order valence-electron chi connectivity index (χ4n) is 2.49. The highest BCUT2D eigenvalue weighted by molar-refractivity contribution is 7.99. The molecule has 21 heavy (non-hydrogen) atoms. The number of benzene rings is 1. The molecule has 1 unspecified atom stereocenters. The molecule has 0 aromatic heterocycles. The van der Waals surface area contributed by atoms with Gasteiger partial charge in [0.1, 0.15) is 0 Å². The van der Waals surface area contributed by atoms with E-state index in [0.29, 0.717) is 24.9 Å². The van der Waals surface area contributed by atoms with Crippen LogP contribution in [0, 0.1) is 0 Å². The summed E-state index contributed by atoms with van der Waals surface area (Å²) in [4.78, 5) is 14.1. The number of nitrogens with zero attached hydrogens (tertiary/aromatic N) is 1. The van der Waals surface area contributed by atoms with Crippen molar-refractivity contribution in [2.24, 2.45) is 0 Å². The monoisotopic (exact) mass is 306 g/mol. The van der Waals surface area contributed by atoms with Gasteiger partial charge in [0.25, 0.3) is 0 Å². The molecule has 0 radical (unpaired) electrons. The Morgan fingerprint density at radius 3 is 2.67 bits per heavy atom. The van der Waals surface area contributed by atoms with Gasteiger partial charge < -0.3 is 10.2 Å². The zero-order valence-electron chi connectivity index (χ0n) is 13.3. The molecule has 1 amide bonds. The van der Waals surface area contributed by atoms with Gasteiger partial charge >= 0.3 is 0 Å². The lowest BCUT2D eigenvalue weighted by atomic mass is 10.0. The summed E-state index contributed by atoms with van der Waals surface area (Å²) in [6, 6.07) is 8.93. The summed E-state index contributed by atoms with van der Waals surface area (Å²) in [6.07, 6.45) is 0.605. The van der Waals surface area contributed by atoms with E-state index >= 15 is 0 Å². The molecular weight excluding hydrogens is 280 g/mol. The molecule has 1 aliphatic heterocycles. The van der Waals surface area contributed by atoms with E-state index in [1.54, 1.807) is 0 Å². The van der Waals surface area contributed by atoms with Gasteiger partial charge in [-0.3, -0.25) is 4.79 Å². The van der Waals surface area contributed by atoms with Crippen molar-refractivity contribution in [2.45, 2.75) is 38.8 Å². The Hall–Kier alpha value is -1.00. The molecule has 0 aliphatic carbocycles. The Bertz CT molecular complexity index is 452. The van der Waals surface area contributed by atoms with Crippen molar-refractivity contribution >= 4 is 17.7 Å². The van der Waals surface area contributed by atoms with Crippen molar-refractivity contribution in [3.63, 3.8) is 0 Å². The molecule has 1 saturated heterocycles. The summed E-state index contributed by atoms with van der Waals surface area (Å²) in [5.74, 6) is 2.97. The van der Waals surface area contributed by atoms with Gasteiger partial charge in [-0.25, -0.2) is 0 Å². The number of rotatable bonds is 5. The summed E-state index contributed by atoms with van der Waals surface area (Å²) < 4.78 is 0. The molecule has 1 aromatic carbocycles. The van der Waals surface area contributed by atoms with Gasteiger partial charge in [0.2, 0.25) is 5.91 Å². The predicted octanol–water partition coefficient (Wildman–Crippen LogP) is 2.86. The first-order valence-corrected chi connectivity index (χ1v) is 8.85. The summed E-state index contributed by atoms with van der Waals surface area (Å²) in [6.45, 7) is 6.10. The number of amides is 1. The highest BCUT2D eigenvalue weighted by Gasteiger charge is 2.19. The zero-order chi connectivity index (χ0) is 15.2. The Morgan fingerprint density at radius 1 is 1.38 bits per heavy atom. The second-order valence-corrected chi connectivity index (χ2v) is 7.23. The minimum atomic E-state index is 0.225. The van der Waals surface area contributed by atoms with Crippen LogP contribution in [0.2, 0.25) is 0 Å². The summed E-state index contributed by atoms with van der Waals surface area (Å²) in [5, 5.41) is 3.42. The molecule has 4 heteroatoms. The van der Waals surface area contributed by atoms with Crippen LogP contribution in [0.5, 0.6) is 0 Å². The molecule has 1 fully saturated rings. The maximum atomic E-state index is 12.3. The van der Waals surface area contributed by atoms with Crippen molar-refractivity contribution in [3.05, 3.63) is 35.4 Å². The molecule has 1 heterocycles. The second kappa shape index (κ2) is 7.85. The highest BCUT2D eigenvalue weighted by Crippen LogP contribution is 2.16. The van der Waals surface area contributed by atoms with Crippen LogP contribution in [0.1, 0.15) is 37.3 Å². The standard InChI is InChI=1S/C17H26N2OS/c1-13(2)15-6-4-14(5-7-15)11-19(3)17(20)10-16-12-21-9-8-18-16/h4-7,13,16,18H,8-12H2,1-3H3. The van der Waals surface area contributed by atoms with Gasteiger partial charge in [-0.05, 0) is 17.0 Å². The third-order valence-electron chi connectivity index (χ3n) is 3.91. The van der Waals surface area contributed by atoms with Crippen LogP contribution >= 0.6 is 11.8 Å². The number of hydrogen-bond donors (Lipinski definition) is 1. The van der Waals surface area contributed by atoms with Crippen LogP contribution < -0.4 is 5.32 Å². The van der Waals surface area contributed by atoms with Gasteiger partial charge in [0.05, 0.1) is 0 Å². The van der Waals surface area contributed by atoms with Crippen LogP contribution in [0.25, 0.3) is 0 Å². The smallest absolute Gasteiger partial charge is 0.224 e. The topological polar surface area (TPSA) is 32.3 Å². The molecule has 1 aromatic rings. The van der Waals surface area contributed by atoms with Gasteiger partial charge in [0, 0.05) is 44.1 Å². The average molecular weight is 306 g/mol. The largest absolute Gasteiger partial charge is 0.341 e. The Balaban J connectivity index is 1.84. The number of carbonyl (C=O) groups excluding carboxylic acids is 1. The highest BCUT2D eigenvalue weighted by atomic mass is 32.2. The Labute approximate surface area is 132 Å². The van der Waals surface area contributed by atoms with E-state index in [0.717, 1.165) is 18.1 Å². The van der Waals surface area contributed by atoms with E-state index in [1.807, 2.05) is 23.7 Å². The molecule has 1 atom stereocenters. The molecule has 0 bridgehead atoms. The fourth-order valence-corrected chi connectivity index (χ4v) is 3.44. The average Bonchev–Trinajstić information content (AvgIpc) is 2.48. The summed E-state index contributed by atoms with van der Waals surface area (Å²) in [5.41, 5.74) is 2.54. The first-order valence-electron chi connectivity index (χ1n) is 7.70. The van der Waals surface area contributed by atoms with E-state index in [4.69, 9.17) is 0 Å². The van der Waals surface area contributed by atoms with E-state index in [2.05, 4.69) is 43.4 Å². The van der Waals surface area contributed by atoms with E-state index in [9.17, 15) is 4.79 Å². The molecule has 1 N–H and O–H groups in total. The Kier molecular flexibility index (Phi) is 6.12. The third kappa shape index (κ3) is 5.04. The van der Waals surface area contributed by atoms with Crippen LogP contribution in [0.15, 0.2) is 24.3 Å². The molecule has 0 spiro atoms. The lowest BCUT2D eigenvalue weighted by molar-refractivity contribution is -0.130. The SMILES string of the molecule is CC(C)c1ccc(CN(C)C(=O)CC2CSCCN2)cc1. The van der Waals surface area contributed by atoms with Crippen LogP contribution in [-0.4, -0.2) is 41.9 Å². The van der Waals surface area contributed by atoms with Crippen LogP contribution in [0.3, 0.4) is 0 Å². The minimum Gasteiger partial charge on any atom is -0.341 e. The maximum Gasteiger partial charge on any atom is 0.224 e. The molecule has 1 aliphatic rings. The summed E-state index contributed by atoms with van der Waals surface area (Å²) >= 11 is 1.93. The summed E-state index contributed by atoms with van der Waals surface area (Å²) in [7, 11) is 1.90. The predicted molar refractivity (Wildman–Crippen MR) is 90.7 cm³/mol. The van der Waals surface area contributed by atoms with Crippen molar-refractivity contribution in [3.8, 4) is 0 Å². The fraction of sp³-hybridized carbons (Fsp3) is 0.588. The first kappa shape index (κ1) is 16.4. The van der Waals surface area contributed by atoms with Crippen molar-refractivity contribution < 1.29 is 4.79 Å². The minimum absolute atomic E-state index is 0.225. The van der Waals surface area contributed by atoms with Crippen LogP contribution in [0.4, 0.5) is 0 Å². The second-order valence-electron chi connectivity index (χ2n) is 6.08. The van der Waals surface area contributed by atoms with Crippen molar-refractivity contribution in [1.29, 1.82) is 0 Å². The molecule has 2 rings (SSSR count). The zero-order valence-corrected chi connectivity index (χ0v) is 14.1. The number of thioether (sulfide) groups is 1. The van der Waals surface area contributed by atoms with E-state index < -0.39 is 0 Å².